The van der Waals surface area contributed by atoms with Crippen LogP contribution in [-0.2, 0) is 27.8 Å². The number of carbonyl (C=O) groups excluding carboxylic acids is 2. The number of benzene rings is 1. The maximum atomic E-state index is 11.6. The third-order valence-electron chi connectivity index (χ3n) is 3.93. The van der Waals surface area contributed by atoms with Gasteiger partial charge in [-0.3, -0.25) is 4.79 Å². The highest BCUT2D eigenvalue weighted by Gasteiger charge is 2.14. The van der Waals surface area contributed by atoms with Gasteiger partial charge in [0.05, 0.1) is 0 Å². The molecule has 0 aliphatic heterocycles. The number of aliphatic hydroxyl groups is 1. The van der Waals surface area contributed by atoms with Crippen LogP contribution in [0.25, 0.3) is 10.9 Å². The fourth-order valence-corrected chi connectivity index (χ4v) is 2.67. The van der Waals surface area contributed by atoms with Gasteiger partial charge in [-0.1, -0.05) is 0 Å². The van der Waals surface area contributed by atoms with E-state index in [1.54, 1.807) is 6.07 Å². The zero-order valence-electron chi connectivity index (χ0n) is 14.1. The molecule has 1 aromatic heterocycles. The Morgan fingerprint density at radius 1 is 1.33 bits per heavy atom. The molecule has 0 aliphatic rings. The number of methoxy groups -OCH3 is 1. The van der Waals surface area contributed by atoms with Crippen LogP contribution in [0.3, 0.4) is 0 Å². The molecule has 24 heavy (non-hydrogen) atoms. The highest BCUT2D eigenvalue weighted by molar-refractivity contribution is 5.88. The number of amides is 1. The zero-order chi connectivity index (χ0) is 17.7. The van der Waals surface area contributed by atoms with E-state index in [-0.39, 0.29) is 6.61 Å². The summed E-state index contributed by atoms with van der Waals surface area (Å²) in [5.41, 5.74) is 3.15. The van der Waals surface area contributed by atoms with Gasteiger partial charge in [-0.2, -0.15) is 0 Å². The average Bonchev–Trinajstić information content (AvgIpc) is 2.79. The SMILES string of the molecule is COCC(=O)Oc1ccc2c(c1)c(CCNC(=O)CO)c(C)n2C. The Hall–Kier alpha value is -2.38. The third-order valence-corrected chi connectivity index (χ3v) is 3.93. The second-order valence-electron chi connectivity index (χ2n) is 5.47. The summed E-state index contributed by atoms with van der Waals surface area (Å²) in [6, 6.07) is 5.46. The second-order valence-corrected chi connectivity index (χ2v) is 5.47. The van der Waals surface area contributed by atoms with E-state index in [1.165, 1.54) is 7.11 Å². The van der Waals surface area contributed by atoms with Gasteiger partial charge >= 0.3 is 5.97 Å². The van der Waals surface area contributed by atoms with Gasteiger partial charge < -0.3 is 24.5 Å². The molecule has 1 aromatic carbocycles. The molecule has 1 amide bonds. The van der Waals surface area contributed by atoms with Crippen LogP contribution in [0, 0.1) is 6.92 Å². The lowest BCUT2D eigenvalue weighted by atomic mass is 10.1. The summed E-state index contributed by atoms with van der Waals surface area (Å²) < 4.78 is 12.1. The predicted molar refractivity (Wildman–Crippen MR) is 89.0 cm³/mol. The minimum absolute atomic E-state index is 0.105. The number of hydrogen-bond donors (Lipinski definition) is 2. The van der Waals surface area contributed by atoms with E-state index in [2.05, 4.69) is 9.88 Å². The van der Waals surface area contributed by atoms with Gasteiger partial charge in [0.15, 0.2) is 0 Å². The van der Waals surface area contributed by atoms with Crippen molar-refractivity contribution in [2.45, 2.75) is 13.3 Å². The topological polar surface area (TPSA) is 89.8 Å². The normalized spacial score (nSPS) is 10.8. The fraction of sp³-hybridized carbons (Fsp3) is 0.412. The van der Waals surface area contributed by atoms with Crippen molar-refractivity contribution >= 4 is 22.8 Å². The van der Waals surface area contributed by atoms with E-state index in [4.69, 9.17) is 14.6 Å². The highest BCUT2D eigenvalue weighted by atomic mass is 16.6. The summed E-state index contributed by atoms with van der Waals surface area (Å²) in [6.45, 7) is 1.80. The van der Waals surface area contributed by atoms with Crippen molar-refractivity contribution in [2.75, 3.05) is 26.9 Å². The number of aromatic nitrogens is 1. The van der Waals surface area contributed by atoms with Crippen LogP contribution >= 0.6 is 0 Å². The summed E-state index contributed by atoms with van der Waals surface area (Å²) in [7, 11) is 3.40. The molecule has 2 rings (SSSR count). The average molecular weight is 334 g/mol. The quantitative estimate of drug-likeness (QED) is 0.574. The van der Waals surface area contributed by atoms with Crippen LogP contribution in [0.4, 0.5) is 0 Å². The predicted octanol–water partition coefficient (Wildman–Crippen LogP) is 0.690. The maximum Gasteiger partial charge on any atom is 0.337 e. The molecular weight excluding hydrogens is 312 g/mol. The highest BCUT2D eigenvalue weighted by Crippen LogP contribution is 2.29. The number of hydrogen-bond acceptors (Lipinski definition) is 5. The molecule has 0 radical (unpaired) electrons. The Labute approximate surface area is 140 Å². The first-order valence-corrected chi connectivity index (χ1v) is 7.63. The number of fused-ring (bicyclic) bond motifs is 1. The van der Waals surface area contributed by atoms with Gasteiger partial charge in [0.1, 0.15) is 19.0 Å². The molecule has 0 bridgehead atoms. The van der Waals surface area contributed by atoms with Crippen LogP contribution in [0.15, 0.2) is 18.2 Å². The number of nitrogens with one attached hydrogen (secondary N) is 1. The molecule has 7 nitrogen and oxygen atoms in total. The lowest BCUT2D eigenvalue weighted by Crippen LogP contribution is -2.28. The Morgan fingerprint density at radius 2 is 2.08 bits per heavy atom. The standard InChI is InChI=1S/C17H22N2O5/c1-11-13(6-7-18-16(21)9-20)14-8-12(24-17(22)10-23-3)4-5-15(14)19(11)2/h4-5,8,20H,6-7,9-10H2,1-3H3,(H,18,21). The molecule has 2 N–H and O–H groups in total. The molecule has 0 saturated carbocycles. The second kappa shape index (κ2) is 7.94. The molecule has 0 unspecified atom stereocenters. The number of nitrogens with zero attached hydrogens (tertiary/aromatic N) is 1. The fourth-order valence-electron chi connectivity index (χ4n) is 2.67. The van der Waals surface area contributed by atoms with Crippen LogP contribution in [0.5, 0.6) is 5.75 Å². The largest absolute Gasteiger partial charge is 0.425 e. The minimum atomic E-state index is -0.520. The molecule has 0 aliphatic carbocycles. The van der Waals surface area contributed by atoms with E-state index in [0.717, 1.165) is 22.2 Å². The Balaban J connectivity index is 2.26. The maximum absolute atomic E-state index is 11.6. The summed E-state index contributed by atoms with van der Waals surface area (Å²) in [5.74, 6) is -0.404. The lowest BCUT2D eigenvalue weighted by molar-refractivity contribution is -0.138. The molecule has 0 saturated heterocycles. The Bertz CT molecular complexity index is 751. The first-order valence-electron chi connectivity index (χ1n) is 7.63. The number of ether oxygens (including phenoxy) is 2. The monoisotopic (exact) mass is 334 g/mol. The van der Waals surface area contributed by atoms with Gasteiger partial charge in [0.2, 0.25) is 5.91 Å². The first kappa shape index (κ1) is 18.0. The van der Waals surface area contributed by atoms with Crippen molar-refractivity contribution in [2.24, 2.45) is 7.05 Å². The molecule has 2 aromatic rings. The van der Waals surface area contributed by atoms with E-state index >= 15 is 0 Å². The minimum Gasteiger partial charge on any atom is -0.425 e. The molecule has 0 spiro atoms. The molecule has 0 fully saturated rings. The van der Waals surface area contributed by atoms with E-state index in [9.17, 15) is 9.59 Å². The van der Waals surface area contributed by atoms with Crippen LogP contribution in [-0.4, -0.2) is 48.4 Å². The Morgan fingerprint density at radius 3 is 2.75 bits per heavy atom. The van der Waals surface area contributed by atoms with Crippen LogP contribution in [0.1, 0.15) is 11.3 Å². The summed E-state index contributed by atoms with van der Waals surface area (Å²) in [5, 5.41) is 12.4. The zero-order valence-corrected chi connectivity index (χ0v) is 14.1. The Kier molecular flexibility index (Phi) is 5.94. The first-order chi connectivity index (χ1) is 11.5. The molecule has 0 atom stereocenters. The number of aryl methyl sites for hydroxylation is 1. The number of carbonyl (C=O) groups is 2. The van der Waals surface area contributed by atoms with Crippen LogP contribution in [0.2, 0.25) is 0 Å². The van der Waals surface area contributed by atoms with E-state index in [0.29, 0.717) is 18.7 Å². The lowest BCUT2D eigenvalue weighted by Gasteiger charge is -2.06. The molecular formula is C17H22N2O5. The van der Waals surface area contributed by atoms with Gasteiger partial charge in [0.25, 0.3) is 0 Å². The summed E-state index contributed by atoms with van der Waals surface area (Å²) >= 11 is 0. The molecule has 1 heterocycles. The van der Waals surface area contributed by atoms with Crippen molar-refractivity contribution in [3.63, 3.8) is 0 Å². The number of esters is 1. The van der Waals surface area contributed by atoms with Crippen molar-refractivity contribution in [1.29, 1.82) is 0 Å². The van der Waals surface area contributed by atoms with Gasteiger partial charge in [-0.15, -0.1) is 0 Å². The van der Waals surface area contributed by atoms with Gasteiger partial charge in [0, 0.05) is 37.3 Å². The number of aliphatic hydroxyl groups excluding tert-OH is 1. The van der Waals surface area contributed by atoms with Gasteiger partial charge in [-0.25, -0.2) is 4.79 Å². The smallest absolute Gasteiger partial charge is 0.337 e. The van der Waals surface area contributed by atoms with Gasteiger partial charge in [-0.05, 0) is 37.1 Å². The van der Waals surface area contributed by atoms with Crippen molar-refractivity contribution < 1.29 is 24.2 Å². The molecule has 7 heteroatoms. The van der Waals surface area contributed by atoms with Crippen molar-refractivity contribution in [1.82, 2.24) is 9.88 Å². The van der Waals surface area contributed by atoms with Crippen molar-refractivity contribution in [3.8, 4) is 5.75 Å². The van der Waals surface area contributed by atoms with E-state index in [1.807, 2.05) is 26.1 Å². The number of rotatable bonds is 7. The third kappa shape index (κ3) is 3.93. The van der Waals surface area contributed by atoms with Crippen LogP contribution < -0.4 is 10.1 Å². The van der Waals surface area contributed by atoms with Crippen molar-refractivity contribution in [3.05, 3.63) is 29.5 Å². The molecule has 130 valence electrons. The summed E-state index contributed by atoms with van der Waals surface area (Å²) in [4.78, 5) is 22.7. The van der Waals surface area contributed by atoms with E-state index < -0.39 is 18.5 Å². The summed E-state index contributed by atoms with van der Waals surface area (Å²) in [6.07, 6.45) is 0.615.